The van der Waals surface area contributed by atoms with Crippen LogP contribution >= 0.6 is 27.5 Å². The van der Waals surface area contributed by atoms with Crippen LogP contribution in [0, 0.1) is 11.3 Å². The first kappa shape index (κ1) is 20.6. The number of aromatic amines is 1. The standard InChI is InChI=1S/C20H15BrClN5O2/c21-16-17(20(29)24-13-9-7-12(8-10-13)4-3-11-23)26-27-18(16)25-19(28)14-5-1-2-6-15(14)22/h1-2,5-10H,3-4H2,(H,24,29)(H2,25,26,27,28). The van der Waals surface area contributed by atoms with Crippen LogP contribution < -0.4 is 10.6 Å². The molecule has 146 valence electrons. The van der Waals surface area contributed by atoms with Crippen molar-refractivity contribution < 1.29 is 9.59 Å². The molecule has 0 bridgehead atoms. The highest BCUT2D eigenvalue weighted by molar-refractivity contribution is 9.10. The molecule has 1 aromatic heterocycles. The van der Waals surface area contributed by atoms with E-state index in [-0.39, 0.29) is 11.5 Å². The predicted molar refractivity (Wildman–Crippen MR) is 114 cm³/mol. The third-order valence-corrected chi connectivity index (χ3v) is 5.12. The summed E-state index contributed by atoms with van der Waals surface area (Å²) in [6.07, 6.45) is 1.10. The molecule has 3 N–H and O–H groups in total. The van der Waals surface area contributed by atoms with E-state index in [1.165, 1.54) is 0 Å². The fourth-order valence-corrected chi connectivity index (χ4v) is 3.21. The van der Waals surface area contributed by atoms with E-state index in [2.05, 4.69) is 42.8 Å². The molecule has 0 atom stereocenters. The van der Waals surface area contributed by atoms with E-state index in [1.54, 1.807) is 36.4 Å². The molecular formula is C20H15BrClN5O2. The number of amides is 2. The molecule has 3 aromatic rings. The minimum Gasteiger partial charge on any atom is -0.321 e. The molecule has 0 fully saturated rings. The second-order valence-electron chi connectivity index (χ2n) is 6.00. The molecule has 9 heteroatoms. The van der Waals surface area contributed by atoms with Crippen LogP contribution in [0.4, 0.5) is 11.5 Å². The molecule has 2 aromatic carbocycles. The number of rotatable bonds is 6. The van der Waals surface area contributed by atoms with Crippen molar-refractivity contribution in [3.8, 4) is 6.07 Å². The van der Waals surface area contributed by atoms with Gasteiger partial charge in [-0.15, -0.1) is 0 Å². The second-order valence-corrected chi connectivity index (χ2v) is 7.20. The van der Waals surface area contributed by atoms with Gasteiger partial charge in [0.05, 0.1) is 21.1 Å². The Hall–Kier alpha value is -3.15. The fraction of sp³-hybridized carbons (Fsp3) is 0.100. The molecule has 0 saturated carbocycles. The van der Waals surface area contributed by atoms with E-state index >= 15 is 0 Å². The van der Waals surface area contributed by atoms with E-state index < -0.39 is 11.8 Å². The Kier molecular flexibility index (Phi) is 6.65. The van der Waals surface area contributed by atoms with Crippen molar-refractivity contribution >= 4 is 50.9 Å². The van der Waals surface area contributed by atoms with Crippen LogP contribution in [0.3, 0.4) is 0 Å². The number of aromatic nitrogens is 2. The summed E-state index contributed by atoms with van der Waals surface area (Å²) in [4.78, 5) is 24.9. The molecule has 2 amide bonds. The van der Waals surface area contributed by atoms with Gasteiger partial charge in [-0.25, -0.2) is 0 Å². The van der Waals surface area contributed by atoms with Crippen LogP contribution in [0.25, 0.3) is 0 Å². The van der Waals surface area contributed by atoms with Gasteiger partial charge in [0.25, 0.3) is 11.8 Å². The Morgan fingerprint density at radius 3 is 2.52 bits per heavy atom. The molecule has 0 aliphatic heterocycles. The highest BCUT2D eigenvalue weighted by atomic mass is 79.9. The third-order valence-electron chi connectivity index (χ3n) is 4.02. The third kappa shape index (κ3) is 5.02. The number of benzene rings is 2. The van der Waals surface area contributed by atoms with Gasteiger partial charge in [-0.3, -0.25) is 14.7 Å². The molecule has 0 aliphatic carbocycles. The van der Waals surface area contributed by atoms with Crippen LogP contribution in [0.15, 0.2) is 53.0 Å². The average molecular weight is 473 g/mol. The lowest BCUT2D eigenvalue weighted by Crippen LogP contribution is -2.14. The van der Waals surface area contributed by atoms with Gasteiger partial charge in [-0.2, -0.15) is 10.4 Å². The molecule has 3 rings (SSSR count). The summed E-state index contributed by atoms with van der Waals surface area (Å²) in [5, 5.41) is 20.9. The quantitative estimate of drug-likeness (QED) is 0.479. The Balaban J connectivity index is 1.68. The number of aryl methyl sites for hydroxylation is 1. The van der Waals surface area contributed by atoms with E-state index in [0.29, 0.717) is 33.6 Å². The maximum Gasteiger partial charge on any atom is 0.274 e. The number of nitriles is 1. The number of halogens is 2. The molecule has 29 heavy (non-hydrogen) atoms. The monoisotopic (exact) mass is 471 g/mol. The Morgan fingerprint density at radius 1 is 1.10 bits per heavy atom. The molecular weight excluding hydrogens is 458 g/mol. The van der Waals surface area contributed by atoms with Crippen molar-refractivity contribution in [1.29, 1.82) is 5.26 Å². The first-order valence-corrected chi connectivity index (χ1v) is 9.73. The van der Waals surface area contributed by atoms with Crippen molar-refractivity contribution in [3.63, 3.8) is 0 Å². The van der Waals surface area contributed by atoms with Crippen LogP contribution in [-0.4, -0.2) is 22.0 Å². The number of hydrogen-bond donors (Lipinski definition) is 3. The lowest BCUT2D eigenvalue weighted by molar-refractivity contribution is 0.101. The average Bonchev–Trinajstić information content (AvgIpc) is 3.08. The van der Waals surface area contributed by atoms with E-state index in [9.17, 15) is 9.59 Å². The topological polar surface area (TPSA) is 111 Å². The van der Waals surface area contributed by atoms with Gasteiger partial charge in [0.1, 0.15) is 5.69 Å². The lowest BCUT2D eigenvalue weighted by atomic mass is 10.1. The Labute approximate surface area is 180 Å². The number of nitrogens with zero attached hydrogens (tertiary/aromatic N) is 2. The van der Waals surface area contributed by atoms with Crippen molar-refractivity contribution in [2.45, 2.75) is 12.8 Å². The number of carbonyl (C=O) groups excluding carboxylic acids is 2. The molecule has 0 radical (unpaired) electrons. The van der Waals surface area contributed by atoms with Gasteiger partial charge in [-0.1, -0.05) is 35.9 Å². The molecule has 7 nitrogen and oxygen atoms in total. The number of carbonyl (C=O) groups is 2. The van der Waals surface area contributed by atoms with E-state index in [4.69, 9.17) is 16.9 Å². The van der Waals surface area contributed by atoms with Crippen LogP contribution in [0.5, 0.6) is 0 Å². The van der Waals surface area contributed by atoms with Gasteiger partial charge >= 0.3 is 0 Å². The Bertz CT molecular complexity index is 1090. The van der Waals surface area contributed by atoms with Gasteiger partial charge < -0.3 is 10.6 Å². The van der Waals surface area contributed by atoms with E-state index in [1.807, 2.05) is 12.1 Å². The summed E-state index contributed by atoms with van der Waals surface area (Å²) in [7, 11) is 0. The maximum atomic E-state index is 12.5. The minimum atomic E-state index is -0.442. The SMILES string of the molecule is N#CCCc1ccc(NC(=O)c2[nH]nc(NC(=O)c3ccccc3Cl)c2Br)cc1. The predicted octanol–water partition coefficient (Wildman–Crippen LogP) is 4.79. The Morgan fingerprint density at radius 2 is 1.83 bits per heavy atom. The number of hydrogen-bond acceptors (Lipinski definition) is 4. The number of H-pyrrole nitrogens is 1. The maximum absolute atomic E-state index is 12.5. The summed E-state index contributed by atoms with van der Waals surface area (Å²) >= 11 is 9.32. The summed E-state index contributed by atoms with van der Waals surface area (Å²) in [5.74, 6) is -0.693. The van der Waals surface area contributed by atoms with Crippen LogP contribution in [0.2, 0.25) is 5.02 Å². The largest absolute Gasteiger partial charge is 0.321 e. The summed E-state index contributed by atoms with van der Waals surface area (Å²) < 4.78 is 0.320. The van der Waals surface area contributed by atoms with E-state index in [0.717, 1.165) is 5.56 Å². The van der Waals surface area contributed by atoms with Crippen LogP contribution in [0.1, 0.15) is 32.8 Å². The first-order valence-electron chi connectivity index (χ1n) is 8.56. The highest BCUT2D eigenvalue weighted by Crippen LogP contribution is 2.26. The molecule has 0 spiro atoms. The summed E-state index contributed by atoms with van der Waals surface area (Å²) in [6, 6.07) is 15.9. The molecule has 1 heterocycles. The lowest BCUT2D eigenvalue weighted by Gasteiger charge is -2.06. The normalized spacial score (nSPS) is 10.2. The minimum absolute atomic E-state index is 0.160. The second kappa shape index (κ2) is 9.37. The van der Waals surface area contributed by atoms with Crippen molar-refractivity contribution in [2.75, 3.05) is 10.6 Å². The summed E-state index contributed by atoms with van der Waals surface area (Å²) in [5.41, 5.74) is 2.07. The van der Waals surface area contributed by atoms with Crippen molar-refractivity contribution in [2.24, 2.45) is 0 Å². The molecule has 0 aliphatic rings. The van der Waals surface area contributed by atoms with Gasteiger partial charge in [0.2, 0.25) is 0 Å². The van der Waals surface area contributed by atoms with Crippen LogP contribution in [-0.2, 0) is 6.42 Å². The van der Waals surface area contributed by atoms with Crippen molar-refractivity contribution in [1.82, 2.24) is 10.2 Å². The summed E-state index contributed by atoms with van der Waals surface area (Å²) in [6.45, 7) is 0. The van der Waals surface area contributed by atoms with Crippen molar-refractivity contribution in [3.05, 3.63) is 74.8 Å². The first-order chi connectivity index (χ1) is 14.0. The van der Waals surface area contributed by atoms with Gasteiger partial charge in [-0.05, 0) is 52.2 Å². The number of nitrogens with one attached hydrogen (secondary N) is 3. The zero-order chi connectivity index (χ0) is 20.8. The molecule has 0 unspecified atom stereocenters. The zero-order valence-electron chi connectivity index (χ0n) is 15.0. The zero-order valence-corrected chi connectivity index (χ0v) is 17.3. The molecule has 0 saturated heterocycles. The highest BCUT2D eigenvalue weighted by Gasteiger charge is 2.20. The number of anilines is 2. The smallest absolute Gasteiger partial charge is 0.274 e. The van der Waals surface area contributed by atoms with Gasteiger partial charge in [0.15, 0.2) is 5.82 Å². The van der Waals surface area contributed by atoms with Gasteiger partial charge in [0, 0.05) is 12.1 Å². The fourth-order valence-electron chi connectivity index (χ4n) is 2.53.